The fourth-order valence-corrected chi connectivity index (χ4v) is 3.05. The van der Waals surface area contributed by atoms with Crippen molar-refractivity contribution in [3.05, 3.63) is 59.8 Å². The molecule has 5 nitrogen and oxygen atoms in total. The molecule has 3 rings (SSSR count). The van der Waals surface area contributed by atoms with Gasteiger partial charge in [-0.2, -0.15) is 0 Å². The Kier molecular flexibility index (Phi) is 4.98. The van der Waals surface area contributed by atoms with Gasteiger partial charge in [0.15, 0.2) is 17.3 Å². The van der Waals surface area contributed by atoms with Crippen molar-refractivity contribution in [1.82, 2.24) is 4.98 Å². The molecule has 3 aromatic rings. The van der Waals surface area contributed by atoms with Crippen molar-refractivity contribution < 1.29 is 19.0 Å². The van der Waals surface area contributed by atoms with Crippen LogP contribution in [-0.2, 0) is 0 Å². The van der Waals surface area contributed by atoms with Gasteiger partial charge in [0, 0.05) is 22.7 Å². The second-order valence-corrected chi connectivity index (χ2v) is 5.82. The SMILES string of the molecule is COc1ccc(C(=O)C=C(C)c2c[nH]c3ccccc23)c(OC)c1OC. The lowest BCUT2D eigenvalue weighted by Gasteiger charge is -2.14. The first-order valence-corrected chi connectivity index (χ1v) is 8.18. The third-order valence-electron chi connectivity index (χ3n) is 4.33. The molecule has 0 aliphatic carbocycles. The van der Waals surface area contributed by atoms with Gasteiger partial charge in [-0.05, 0) is 36.8 Å². The molecule has 0 spiro atoms. The van der Waals surface area contributed by atoms with Crippen LogP contribution in [0.25, 0.3) is 16.5 Å². The zero-order chi connectivity index (χ0) is 18.7. The van der Waals surface area contributed by atoms with E-state index in [1.165, 1.54) is 14.2 Å². The number of rotatable bonds is 6. The van der Waals surface area contributed by atoms with Crippen LogP contribution in [0.3, 0.4) is 0 Å². The summed E-state index contributed by atoms with van der Waals surface area (Å²) in [6.07, 6.45) is 3.52. The molecule has 1 heterocycles. The average Bonchev–Trinajstić information content (AvgIpc) is 3.10. The standard InChI is InChI=1S/C21H21NO4/c1-13(16-12-22-17-8-6-5-7-14(16)17)11-18(23)15-9-10-19(24-2)21(26-4)20(15)25-3/h5-12,22H,1-4H3. The first kappa shape index (κ1) is 17.6. The lowest BCUT2D eigenvalue weighted by molar-refractivity contribution is 0.104. The molecule has 0 fully saturated rings. The van der Waals surface area contributed by atoms with Crippen LogP contribution in [-0.4, -0.2) is 32.1 Å². The molecule has 134 valence electrons. The molecule has 1 aromatic heterocycles. The maximum absolute atomic E-state index is 12.9. The molecule has 2 aromatic carbocycles. The molecule has 0 atom stereocenters. The highest BCUT2D eigenvalue weighted by Crippen LogP contribution is 2.40. The van der Waals surface area contributed by atoms with E-state index in [9.17, 15) is 4.79 Å². The van der Waals surface area contributed by atoms with Gasteiger partial charge < -0.3 is 19.2 Å². The number of ketones is 1. The molecule has 0 bridgehead atoms. The lowest BCUT2D eigenvalue weighted by atomic mass is 10.0. The van der Waals surface area contributed by atoms with Gasteiger partial charge in [-0.25, -0.2) is 0 Å². The number of allylic oxidation sites excluding steroid dienone is 2. The zero-order valence-corrected chi connectivity index (χ0v) is 15.3. The van der Waals surface area contributed by atoms with Gasteiger partial charge in [0.05, 0.1) is 26.9 Å². The predicted molar refractivity (Wildman–Crippen MR) is 102 cm³/mol. The van der Waals surface area contributed by atoms with Gasteiger partial charge in [-0.15, -0.1) is 0 Å². The van der Waals surface area contributed by atoms with Crippen LogP contribution in [0, 0.1) is 0 Å². The second-order valence-electron chi connectivity index (χ2n) is 5.82. The van der Waals surface area contributed by atoms with E-state index in [0.717, 1.165) is 22.0 Å². The fourth-order valence-electron chi connectivity index (χ4n) is 3.05. The van der Waals surface area contributed by atoms with Gasteiger partial charge >= 0.3 is 0 Å². The lowest BCUT2D eigenvalue weighted by Crippen LogP contribution is -2.03. The summed E-state index contributed by atoms with van der Waals surface area (Å²) in [6.45, 7) is 1.92. The van der Waals surface area contributed by atoms with Crippen LogP contribution in [0.1, 0.15) is 22.8 Å². The average molecular weight is 351 g/mol. The van der Waals surface area contributed by atoms with E-state index in [-0.39, 0.29) is 5.78 Å². The summed E-state index contributed by atoms with van der Waals surface area (Å²) in [6, 6.07) is 11.4. The normalized spacial score (nSPS) is 11.5. The van der Waals surface area contributed by atoms with E-state index in [1.807, 2.05) is 37.4 Å². The summed E-state index contributed by atoms with van der Waals surface area (Å²) in [5, 5.41) is 1.08. The van der Waals surface area contributed by atoms with Crippen molar-refractivity contribution in [1.29, 1.82) is 0 Å². The molecule has 0 radical (unpaired) electrons. The van der Waals surface area contributed by atoms with E-state index in [1.54, 1.807) is 25.3 Å². The van der Waals surface area contributed by atoms with E-state index >= 15 is 0 Å². The first-order valence-electron chi connectivity index (χ1n) is 8.18. The number of carbonyl (C=O) groups excluding carboxylic acids is 1. The second kappa shape index (κ2) is 7.35. The number of methoxy groups -OCH3 is 3. The molecule has 5 heteroatoms. The minimum atomic E-state index is -0.161. The van der Waals surface area contributed by atoms with Crippen LogP contribution in [0.15, 0.2) is 48.7 Å². The highest BCUT2D eigenvalue weighted by molar-refractivity contribution is 6.11. The summed E-state index contributed by atoms with van der Waals surface area (Å²) < 4.78 is 16.0. The number of aromatic amines is 1. The Bertz CT molecular complexity index is 985. The zero-order valence-electron chi connectivity index (χ0n) is 15.3. The number of aromatic nitrogens is 1. The third-order valence-corrected chi connectivity index (χ3v) is 4.33. The Morgan fingerprint density at radius 3 is 2.35 bits per heavy atom. The number of hydrogen-bond acceptors (Lipinski definition) is 4. The fraction of sp³-hybridized carbons (Fsp3) is 0.190. The van der Waals surface area contributed by atoms with Crippen molar-refractivity contribution >= 4 is 22.3 Å². The molecule has 0 aliphatic rings. The van der Waals surface area contributed by atoms with Crippen molar-refractivity contribution in [3.63, 3.8) is 0 Å². The number of carbonyl (C=O) groups is 1. The minimum Gasteiger partial charge on any atom is -0.493 e. The van der Waals surface area contributed by atoms with Gasteiger partial charge in [0.25, 0.3) is 0 Å². The summed E-state index contributed by atoms with van der Waals surface area (Å²) in [5.74, 6) is 1.11. The van der Waals surface area contributed by atoms with Crippen LogP contribution >= 0.6 is 0 Å². The molecular weight excluding hydrogens is 330 g/mol. The van der Waals surface area contributed by atoms with E-state index in [4.69, 9.17) is 14.2 Å². The number of fused-ring (bicyclic) bond motifs is 1. The van der Waals surface area contributed by atoms with Crippen LogP contribution < -0.4 is 14.2 Å². The van der Waals surface area contributed by atoms with Crippen molar-refractivity contribution in [2.75, 3.05) is 21.3 Å². The van der Waals surface area contributed by atoms with Crippen molar-refractivity contribution in [3.8, 4) is 17.2 Å². The Morgan fingerprint density at radius 2 is 1.65 bits per heavy atom. The molecule has 0 unspecified atom stereocenters. The highest BCUT2D eigenvalue weighted by Gasteiger charge is 2.20. The summed E-state index contributed by atoms with van der Waals surface area (Å²) >= 11 is 0. The van der Waals surface area contributed by atoms with Crippen LogP contribution in [0.2, 0.25) is 0 Å². The highest BCUT2D eigenvalue weighted by atomic mass is 16.5. The maximum Gasteiger partial charge on any atom is 0.204 e. The third kappa shape index (κ3) is 3.04. The van der Waals surface area contributed by atoms with E-state index in [2.05, 4.69) is 4.98 Å². The van der Waals surface area contributed by atoms with Crippen LogP contribution in [0.5, 0.6) is 17.2 Å². The maximum atomic E-state index is 12.9. The van der Waals surface area contributed by atoms with Crippen molar-refractivity contribution in [2.45, 2.75) is 6.92 Å². The van der Waals surface area contributed by atoms with Gasteiger partial charge in [0.1, 0.15) is 0 Å². The van der Waals surface area contributed by atoms with Gasteiger partial charge in [0.2, 0.25) is 5.75 Å². The number of hydrogen-bond donors (Lipinski definition) is 1. The molecular formula is C21H21NO4. The Morgan fingerprint density at radius 1 is 0.923 bits per heavy atom. The smallest absolute Gasteiger partial charge is 0.204 e. The minimum absolute atomic E-state index is 0.161. The largest absolute Gasteiger partial charge is 0.493 e. The number of para-hydroxylation sites is 1. The molecule has 0 saturated carbocycles. The number of H-pyrrole nitrogens is 1. The predicted octanol–water partition coefficient (Wildman–Crippen LogP) is 4.48. The summed E-state index contributed by atoms with van der Waals surface area (Å²) in [7, 11) is 4.56. The Hall–Kier alpha value is -3.21. The van der Waals surface area contributed by atoms with Gasteiger partial charge in [-0.1, -0.05) is 18.2 Å². The van der Waals surface area contributed by atoms with Gasteiger partial charge in [-0.3, -0.25) is 4.79 Å². The molecule has 26 heavy (non-hydrogen) atoms. The molecule has 1 N–H and O–H groups in total. The number of nitrogens with one attached hydrogen (secondary N) is 1. The topological polar surface area (TPSA) is 60.6 Å². The van der Waals surface area contributed by atoms with Crippen LogP contribution in [0.4, 0.5) is 0 Å². The Balaban J connectivity index is 2.03. The van der Waals surface area contributed by atoms with E-state index < -0.39 is 0 Å². The van der Waals surface area contributed by atoms with Crippen molar-refractivity contribution in [2.24, 2.45) is 0 Å². The number of ether oxygens (including phenoxy) is 3. The first-order chi connectivity index (χ1) is 12.6. The summed E-state index contributed by atoms with van der Waals surface area (Å²) in [4.78, 5) is 16.1. The molecule has 0 saturated heterocycles. The Labute approximate surface area is 152 Å². The van der Waals surface area contributed by atoms with E-state index in [0.29, 0.717) is 22.8 Å². The number of benzene rings is 2. The molecule has 0 aliphatic heterocycles. The monoisotopic (exact) mass is 351 g/mol. The summed E-state index contributed by atoms with van der Waals surface area (Å²) in [5.41, 5.74) is 3.31. The molecule has 0 amide bonds. The quantitative estimate of drug-likeness (QED) is 0.525.